The lowest BCUT2D eigenvalue weighted by Gasteiger charge is -2.35. The Morgan fingerprint density at radius 1 is 1.19 bits per heavy atom. The highest BCUT2D eigenvalue weighted by molar-refractivity contribution is 5.92. The van der Waals surface area contributed by atoms with Gasteiger partial charge in [-0.1, -0.05) is 36.4 Å². The highest BCUT2D eigenvalue weighted by Gasteiger charge is 2.35. The lowest BCUT2D eigenvalue weighted by Crippen LogP contribution is -2.47. The van der Waals surface area contributed by atoms with Gasteiger partial charge in [-0.15, -0.1) is 0 Å². The van der Waals surface area contributed by atoms with E-state index in [9.17, 15) is 9.59 Å². The van der Waals surface area contributed by atoms with Gasteiger partial charge in [-0.05, 0) is 49.6 Å². The van der Waals surface area contributed by atoms with Gasteiger partial charge < -0.3 is 15.0 Å². The van der Waals surface area contributed by atoms with Gasteiger partial charge in [-0.3, -0.25) is 9.59 Å². The van der Waals surface area contributed by atoms with Gasteiger partial charge in [-0.25, -0.2) is 0 Å². The molecule has 1 N–H and O–H groups in total. The van der Waals surface area contributed by atoms with Crippen LogP contribution in [0.2, 0.25) is 0 Å². The van der Waals surface area contributed by atoms with Crippen LogP contribution in [0, 0.1) is 0 Å². The van der Waals surface area contributed by atoms with Gasteiger partial charge in [0.15, 0.2) is 0 Å². The third kappa shape index (κ3) is 4.30. The molecule has 0 spiro atoms. The predicted molar refractivity (Wildman–Crippen MR) is 104 cm³/mol. The molecule has 0 aliphatic carbocycles. The fourth-order valence-electron chi connectivity index (χ4n) is 3.42. The van der Waals surface area contributed by atoms with E-state index in [4.69, 9.17) is 4.74 Å². The molecule has 2 aromatic rings. The summed E-state index contributed by atoms with van der Waals surface area (Å²) in [6.07, 6.45) is 0.477. The Kier molecular flexibility index (Phi) is 5.79. The monoisotopic (exact) mass is 366 g/mol. The van der Waals surface area contributed by atoms with Gasteiger partial charge in [0.25, 0.3) is 0 Å². The summed E-state index contributed by atoms with van der Waals surface area (Å²) in [6, 6.07) is 14.8. The van der Waals surface area contributed by atoms with Gasteiger partial charge in [0.1, 0.15) is 11.8 Å². The van der Waals surface area contributed by atoms with Crippen LogP contribution in [0.15, 0.2) is 48.5 Å². The van der Waals surface area contributed by atoms with Gasteiger partial charge in [0.2, 0.25) is 11.8 Å². The SMILES string of the molecule is CCN1C(=O)Cc2ccccc2[C@@H]1C(=O)NCc1ccc(OC(C)C)cc1. The number of fused-ring (bicyclic) bond motifs is 1. The first-order valence-electron chi connectivity index (χ1n) is 9.40. The quantitative estimate of drug-likeness (QED) is 0.854. The minimum atomic E-state index is -0.573. The molecule has 2 aromatic carbocycles. The van der Waals surface area contributed by atoms with E-state index < -0.39 is 6.04 Å². The van der Waals surface area contributed by atoms with Crippen molar-refractivity contribution in [3.8, 4) is 5.75 Å². The molecule has 0 unspecified atom stereocenters. The van der Waals surface area contributed by atoms with Crippen molar-refractivity contribution < 1.29 is 14.3 Å². The Morgan fingerprint density at radius 2 is 1.89 bits per heavy atom. The first kappa shape index (κ1) is 19.0. The molecular formula is C22H26N2O3. The zero-order valence-electron chi connectivity index (χ0n) is 16.1. The van der Waals surface area contributed by atoms with Crippen LogP contribution in [0.5, 0.6) is 5.75 Å². The molecule has 0 bridgehead atoms. The first-order chi connectivity index (χ1) is 13.0. The molecule has 3 rings (SSSR count). The van der Waals surface area contributed by atoms with Crippen LogP contribution in [-0.4, -0.2) is 29.4 Å². The third-order valence-electron chi connectivity index (χ3n) is 4.67. The molecule has 1 heterocycles. The molecule has 1 aliphatic rings. The van der Waals surface area contributed by atoms with Crippen molar-refractivity contribution >= 4 is 11.8 Å². The number of ether oxygens (including phenoxy) is 1. The lowest BCUT2D eigenvalue weighted by atomic mass is 9.91. The van der Waals surface area contributed by atoms with Crippen LogP contribution in [-0.2, 0) is 22.6 Å². The fraction of sp³-hybridized carbons (Fsp3) is 0.364. The Labute approximate surface area is 160 Å². The van der Waals surface area contributed by atoms with Crippen LogP contribution >= 0.6 is 0 Å². The molecule has 142 valence electrons. The Balaban J connectivity index is 1.72. The van der Waals surface area contributed by atoms with Crippen LogP contribution < -0.4 is 10.1 Å². The minimum Gasteiger partial charge on any atom is -0.491 e. The van der Waals surface area contributed by atoms with E-state index in [1.165, 1.54) is 0 Å². The zero-order valence-corrected chi connectivity index (χ0v) is 16.1. The van der Waals surface area contributed by atoms with Gasteiger partial charge in [-0.2, -0.15) is 0 Å². The highest BCUT2D eigenvalue weighted by atomic mass is 16.5. The molecule has 0 saturated heterocycles. The lowest BCUT2D eigenvalue weighted by molar-refractivity contribution is -0.141. The second kappa shape index (κ2) is 8.25. The summed E-state index contributed by atoms with van der Waals surface area (Å²) >= 11 is 0. The van der Waals surface area contributed by atoms with Crippen molar-refractivity contribution in [1.29, 1.82) is 0 Å². The second-order valence-electron chi connectivity index (χ2n) is 6.99. The van der Waals surface area contributed by atoms with E-state index in [0.29, 0.717) is 19.5 Å². The average Bonchev–Trinajstić information content (AvgIpc) is 2.65. The third-order valence-corrected chi connectivity index (χ3v) is 4.67. The summed E-state index contributed by atoms with van der Waals surface area (Å²) in [5, 5.41) is 2.98. The second-order valence-corrected chi connectivity index (χ2v) is 6.99. The highest BCUT2D eigenvalue weighted by Crippen LogP contribution is 2.30. The normalized spacial score (nSPS) is 16.2. The molecule has 1 aliphatic heterocycles. The molecule has 0 fully saturated rings. The predicted octanol–water partition coefficient (Wildman–Crippen LogP) is 3.24. The van der Waals surface area contributed by atoms with Crippen LogP contribution in [0.3, 0.4) is 0 Å². The molecule has 0 radical (unpaired) electrons. The van der Waals surface area contributed by atoms with E-state index in [-0.39, 0.29) is 17.9 Å². The van der Waals surface area contributed by atoms with Crippen molar-refractivity contribution in [1.82, 2.24) is 10.2 Å². The summed E-state index contributed by atoms with van der Waals surface area (Å²) in [5.41, 5.74) is 2.83. The van der Waals surface area contributed by atoms with Crippen LogP contribution in [0.1, 0.15) is 43.5 Å². The molecular weight excluding hydrogens is 340 g/mol. The smallest absolute Gasteiger partial charge is 0.247 e. The zero-order chi connectivity index (χ0) is 19.4. The largest absolute Gasteiger partial charge is 0.491 e. The van der Waals surface area contributed by atoms with Gasteiger partial charge in [0, 0.05) is 13.1 Å². The Bertz CT molecular complexity index is 815. The number of likely N-dealkylation sites (N-methyl/N-ethyl adjacent to an activating group) is 1. The molecule has 0 saturated carbocycles. The van der Waals surface area contributed by atoms with Gasteiger partial charge in [0.05, 0.1) is 12.5 Å². The number of hydrogen-bond donors (Lipinski definition) is 1. The average molecular weight is 366 g/mol. The van der Waals surface area contributed by atoms with Crippen molar-refractivity contribution in [2.45, 2.75) is 45.9 Å². The molecule has 0 aromatic heterocycles. The summed E-state index contributed by atoms with van der Waals surface area (Å²) in [7, 11) is 0. The number of nitrogens with zero attached hydrogens (tertiary/aromatic N) is 1. The topological polar surface area (TPSA) is 58.6 Å². The van der Waals surface area contributed by atoms with Crippen molar-refractivity contribution in [3.05, 3.63) is 65.2 Å². The van der Waals surface area contributed by atoms with Crippen molar-refractivity contribution in [3.63, 3.8) is 0 Å². The molecule has 2 amide bonds. The standard InChI is InChI=1S/C22H26N2O3/c1-4-24-20(25)13-17-7-5-6-8-19(17)21(24)22(26)23-14-16-9-11-18(12-10-16)27-15(2)3/h5-12,15,21H,4,13-14H2,1-3H3,(H,23,26)/t21-/m1/s1. The van der Waals surface area contributed by atoms with Gasteiger partial charge >= 0.3 is 0 Å². The molecule has 5 nitrogen and oxygen atoms in total. The fourth-order valence-corrected chi connectivity index (χ4v) is 3.42. The number of nitrogens with one attached hydrogen (secondary N) is 1. The van der Waals surface area contributed by atoms with E-state index in [1.54, 1.807) is 4.90 Å². The molecule has 5 heteroatoms. The van der Waals surface area contributed by atoms with Crippen molar-refractivity contribution in [2.75, 3.05) is 6.54 Å². The van der Waals surface area contributed by atoms with Crippen LogP contribution in [0.25, 0.3) is 0 Å². The van der Waals surface area contributed by atoms with Crippen LogP contribution in [0.4, 0.5) is 0 Å². The number of hydrogen-bond acceptors (Lipinski definition) is 3. The number of amides is 2. The Hall–Kier alpha value is -2.82. The van der Waals surface area contributed by atoms with E-state index in [1.807, 2.05) is 69.3 Å². The number of rotatable bonds is 6. The number of carbonyl (C=O) groups is 2. The summed E-state index contributed by atoms with van der Waals surface area (Å²) in [4.78, 5) is 27.0. The maximum atomic E-state index is 12.9. The maximum Gasteiger partial charge on any atom is 0.247 e. The number of carbonyl (C=O) groups excluding carboxylic acids is 2. The van der Waals surface area contributed by atoms with E-state index in [2.05, 4.69) is 5.32 Å². The number of benzene rings is 2. The summed E-state index contributed by atoms with van der Waals surface area (Å²) < 4.78 is 5.64. The first-order valence-corrected chi connectivity index (χ1v) is 9.40. The van der Waals surface area contributed by atoms with Crippen molar-refractivity contribution in [2.24, 2.45) is 0 Å². The minimum absolute atomic E-state index is 0.00784. The Morgan fingerprint density at radius 3 is 2.56 bits per heavy atom. The summed E-state index contributed by atoms with van der Waals surface area (Å²) in [5.74, 6) is 0.649. The maximum absolute atomic E-state index is 12.9. The summed E-state index contributed by atoms with van der Waals surface area (Å²) in [6.45, 7) is 6.78. The van der Waals surface area contributed by atoms with E-state index >= 15 is 0 Å². The van der Waals surface area contributed by atoms with E-state index in [0.717, 1.165) is 22.4 Å². The molecule has 27 heavy (non-hydrogen) atoms. The molecule has 1 atom stereocenters.